The second kappa shape index (κ2) is 5.30. The molecule has 0 fully saturated rings. The molecule has 88 valence electrons. The number of nitrogen functional groups attached to an aromatic ring is 1. The number of nitrogens with zero attached hydrogens (tertiary/aromatic N) is 2. The lowest BCUT2D eigenvalue weighted by atomic mass is 10.1. The summed E-state index contributed by atoms with van der Waals surface area (Å²) >= 11 is 0. The van der Waals surface area contributed by atoms with E-state index in [2.05, 4.69) is 46.5 Å². The Bertz CT molecular complexity index is 479. The van der Waals surface area contributed by atoms with Gasteiger partial charge in [-0.15, -0.1) is 0 Å². The molecule has 2 rings (SSSR count). The van der Waals surface area contributed by atoms with E-state index in [1.165, 1.54) is 17.3 Å². The molecule has 2 aromatic rings. The highest BCUT2D eigenvalue weighted by Gasteiger charge is 1.97. The molecule has 1 heterocycles. The van der Waals surface area contributed by atoms with Crippen molar-refractivity contribution < 1.29 is 0 Å². The molecule has 0 aliphatic rings. The van der Waals surface area contributed by atoms with Crippen LogP contribution in [0.3, 0.4) is 0 Å². The van der Waals surface area contributed by atoms with Gasteiger partial charge in [0.1, 0.15) is 11.6 Å². The zero-order valence-electron chi connectivity index (χ0n) is 9.85. The summed E-state index contributed by atoms with van der Waals surface area (Å²) < 4.78 is 0. The van der Waals surface area contributed by atoms with Gasteiger partial charge in [0.05, 0.1) is 12.4 Å². The van der Waals surface area contributed by atoms with Gasteiger partial charge >= 0.3 is 0 Å². The minimum absolute atomic E-state index is 0.427. The molecule has 4 heteroatoms. The quantitative estimate of drug-likeness (QED) is 0.842. The Morgan fingerprint density at radius 2 is 1.82 bits per heavy atom. The smallest absolute Gasteiger partial charge is 0.147 e. The molecule has 17 heavy (non-hydrogen) atoms. The number of benzene rings is 1. The molecular weight excluding hydrogens is 212 g/mol. The molecule has 0 unspecified atom stereocenters. The van der Waals surface area contributed by atoms with Crippen molar-refractivity contribution in [3.63, 3.8) is 0 Å². The summed E-state index contributed by atoms with van der Waals surface area (Å²) in [7, 11) is 0. The molecule has 0 atom stereocenters. The highest BCUT2D eigenvalue weighted by molar-refractivity contribution is 5.39. The van der Waals surface area contributed by atoms with Gasteiger partial charge in [-0.2, -0.15) is 0 Å². The zero-order chi connectivity index (χ0) is 12.1. The number of hydrogen-bond donors (Lipinski definition) is 2. The molecule has 0 bridgehead atoms. The van der Waals surface area contributed by atoms with Gasteiger partial charge in [-0.05, 0) is 17.5 Å². The van der Waals surface area contributed by atoms with Gasteiger partial charge in [-0.25, -0.2) is 4.98 Å². The zero-order valence-corrected chi connectivity index (χ0v) is 9.85. The Labute approximate surface area is 101 Å². The van der Waals surface area contributed by atoms with Crippen LogP contribution >= 0.6 is 0 Å². The fraction of sp³-hybridized carbons (Fsp3) is 0.231. The third-order valence-electron chi connectivity index (χ3n) is 2.56. The fourth-order valence-electron chi connectivity index (χ4n) is 1.55. The predicted molar refractivity (Wildman–Crippen MR) is 69.6 cm³/mol. The van der Waals surface area contributed by atoms with Crippen LogP contribution in [0.5, 0.6) is 0 Å². The van der Waals surface area contributed by atoms with Crippen LogP contribution in [0.15, 0.2) is 36.7 Å². The lowest BCUT2D eigenvalue weighted by molar-refractivity contribution is 1.08. The van der Waals surface area contributed by atoms with E-state index >= 15 is 0 Å². The molecule has 0 amide bonds. The Balaban J connectivity index is 1.97. The molecule has 0 aliphatic carbocycles. The number of aromatic nitrogens is 2. The number of rotatable bonds is 4. The van der Waals surface area contributed by atoms with E-state index in [9.17, 15) is 0 Å². The molecule has 1 aromatic heterocycles. The maximum Gasteiger partial charge on any atom is 0.147 e. The van der Waals surface area contributed by atoms with E-state index in [-0.39, 0.29) is 0 Å². The number of aryl methyl sites for hydroxylation is 1. The molecule has 4 nitrogen and oxygen atoms in total. The van der Waals surface area contributed by atoms with Crippen molar-refractivity contribution in [1.29, 1.82) is 0 Å². The minimum atomic E-state index is 0.427. The summed E-state index contributed by atoms with van der Waals surface area (Å²) in [5, 5.41) is 3.19. The van der Waals surface area contributed by atoms with Gasteiger partial charge in [-0.1, -0.05) is 31.2 Å². The predicted octanol–water partition coefficient (Wildman–Crippen LogP) is 2.23. The van der Waals surface area contributed by atoms with E-state index < -0.39 is 0 Å². The van der Waals surface area contributed by atoms with Crippen molar-refractivity contribution in [2.24, 2.45) is 0 Å². The first-order valence-corrected chi connectivity index (χ1v) is 5.67. The third-order valence-corrected chi connectivity index (χ3v) is 2.56. The molecule has 0 radical (unpaired) electrons. The van der Waals surface area contributed by atoms with E-state index in [1.807, 2.05) is 0 Å². The van der Waals surface area contributed by atoms with Gasteiger partial charge in [-0.3, -0.25) is 4.98 Å². The van der Waals surface area contributed by atoms with Crippen molar-refractivity contribution in [1.82, 2.24) is 9.97 Å². The lowest BCUT2D eigenvalue weighted by Crippen LogP contribution is -2.03. The Hall–Kier alpha value is -2.10. The van der Waals surface area contributed by atoms with Gasteiger partial charge in [0.25, 0.3) is 0 Å². The summed E-state index contributed by atoms with van der Waals surface area (Å²) in [4.78, 5) is 8.10. The maximum absolute atomic E-state index is 5.55. The van der Waals surface area contributed by atoms with Crippen molar-refractivity contribution in [2.75, 3.05) is 11.1 Å². The Morgan fingerprint density at radius 3 is 2.47 bits per heavy atom. The van der Waals surface area contributed by atoms with Crippen LogP contribution < -0.4 is 11.1 Å². The van der Waals surface area contributed by atoms with Crippen molar-refractivity contribution in [3.05, 3.63) is 47.8 Å². The van der Waals surface area contributed by atoms with Gasteiger partial charge in [0.2, 0.25) is 0 Å². The summed E-state index contributed by atoms with van der Waals surface area (Å²) in [6.07, 6.45) is 4.26. The summed E-state index contributed by atoms with van der Waals surface area (Å²) in [5.74, 6) is 1.13. The van der Waals surface area contributed by atoms with Crippen LogP contribution in [0.1, 0.15) is 18.1 Å². The first kappa shape index (κ1) is 11.4. The molecule has 0 spiro atoms. The second-order valence-electron chi connectivity index (χ2n) is 3.85. The van der Waals surface area contributed by atoms with Crippen LogP contribution in [0, 0.1) is 0 Å². The average Bonchev–Trinajstić information content (AvgIpc) is 2.37. The third kappa shape index (κ3) is 3.17. The minimum Gasteiger partial charge on any atom is -0.382 e. The number of hydrogen-bond acceptors (Lipinski definition) is 4. The van der Waals surface area contributed by atoms with Crippen LogP contribution in [-0.2, 0) is 13.0 Å². The van der Waals surface area contributed by atoms with Crippen molar-refractivity contribution in [3.8, 4) is 0 Å². The van der Waals surface area contributed by atoms with Crippen molar-refractivity contribution in [2.45, 2.75) is 19.9 Å². The molecule has 0 aliphatic heterocycles. The summed E-state index contributed by atoms with van der Waals surface area (Å²) in [6, 6.07) is 8.52. The first-order chi connectivity index (χ1) is 8.28. The molecular formula is C13H16N4. The van der Waals surface area contributed by atoms with E-state index in [0.717, 1.165) is 13.0 Å². The average molecular weight is 228 g/mol. The molecule has 3 N–H and O–H groups in total. The van der Waals surface area contributed by atoms with E-state index in [0.29, 0.717) is 11.6 Å². The number of anilines is 2. The standard InChI is InChI=1S/C13H16N4/c1-2-10-3-5-11(6-4-10)7-16-13-9-15-8-12(14)17-13/h3-6,8-9H,2,7H2,1H3,(H3,14,16,17). The highest BCUT2D eigenvalue weighted by Crippen LogP contribution is 2.08. The van der Waals surface area contributed by atoms with Crippen LogP contribution in [0.2, 0.25) is 0 Å². The van der Waals surface area contributed by atoms with Crippen molar-refractivity contribution >= 4 is 11.6 Å². The molecule has 0 saturated carbocycles. The molecule has 0 saturated heterocycles. The van der Waals surface area contributed by atoms with E-state index in [4.69, 9.17) is 5.73 Å². The van der Waals surface area contributed by atoms with Crippen LogP contribution in [0.25, 0.3) is 0 Å². The monoisotopic (exact) mass is 228 g/mol. The van der Waals surface area contributed by atoms with Crippen LogP contribution in [-0.4, -0.2) is 9.97 Å². The summed E-state index contributed by atoms with van der Waals surface area (Å²) in [5.41, 5.74) is 8.11. The highest BCUT2D eigenvalue weighted by atomic mass is 15.0. The number of nitrogens with one attached hydrogen (secondary N) is 1. The van der Waals surface area contributed by atoms with Gasteiger partial charge < -0.3 is 11.1 Å². The largest absolute Gasteiger partial charge is 0.382 e. The Kier molecular flexibility index (Phi) is 3.55. The van der Waals surface area contributed by atoms with Crippen LogP contribution in [0.4, 0.5) is 11.6 Å². The van der Waals surface area contributed by atoms with E-state index in [1.54, 1.807) is 6.20 Å². The SMILES string of the molecule is CCc1ccc(CNc2cncc(N)n2)cc1. The fourth-order valence-corrected chi connectivity index (χ4v) is 1.55. The Morgan fingerprint density at radius 1 is 1.12 bits per heavy atom. The molecule has 1 aromatic carbocycles. The lowest BCUT2D eigenvalue weighted by Gasteiger charge is -2.06. The van der Waals surface area contributed by atoms with Gasteiger partial charge in [0, 0.05) is 6.54 Å². The topological polar surface area (TPSA) is 63.8 Å². The second-order valence-corrected chi connectivity index (χ2v) is 3.85. The maximum atomic E-state index is 5.55. The number of nitrogens with two attached hydrogens (primary N) is 1. The summed E-state index contributed by atoms with van der Waals surface area (Å²) in [6.45, 7) is 2.87. The first-order valence-electron chi connectivity index (χ1n) is 5.67. The van der Waals surface area contributed by atoms with Gasteiger partial charge in [0.15, 0.2) is 0 Å². The normalized spacial score (nSPS) is 10.2.